The van der Waals surface area contributed by atoms with Crippen molar-refractivity contribution >= 4 is 11.9 Å². The van der Waals surface area contributed by atoms with E-state index in [4.69, 9.17) is 4.74 Å². The summed E-state index contributed by atoms with van der Waals surface area (Å²) in [6.45, 7) is 6.44. The second-order valence-corrected chi connectivity index (χ2v) is 7.80. The topological polar surface area (TPSA) is 55.4 Å². The van der Waals surface area contributed by atoms with Crippen LogP contribution < -0.4 is 5.32 Å². The van der Waals surface area contributed by atoms with E-state index >= 15 is 0 Å². The second-order valence-electron chi connectivity index (χ2n) is 7.80. The first-order chi connectivity index (χ1) is 13.1. The highest BCUT2D eigenvalue weighted by Crippen LogP contribution is 2.13. The molecule has 0 fully saturated rings. The summed E-state index contributed by atoms with van der Waals surface area (Å²) in [5, 5.41) is 2.74. The number of ether oxygens (including phenoxy) is 1. The molecule has 0 saturated heterocycles. The van der Waals surface area contributed by atoms with Gasteiger partial charge >= 0.3 is 5.97 Å². The molecule has 0 aliphatic heterocycles. The molecule has 1 amide bonds. The Hall–Kier alpha value is -1.06. The summed E-state index contributed by atoms with van der Waals surface area (Å²) in [6, 6.07) is -0.545. The summed E-state index contributed by atoms with van der Waals surface area (Å²) >= 11 is 0. The van der Waals surface area contributed by atoms with E-state index in [0.717, 1.165) is 25.7 Å². The molecule has 0 aromatic rings. The minimum Gasteiger partial charge on any atom is -0.464 e. The Morgan fingerprint density at radius 1 is 0.704 bits per heavy atom. The molecular weight excluding hydrogens is 338 g/mol. The van der Waals surface area contributed by atoms with Crippen molar-refractivity contribution in [3.8, 4) is 0 Å². The Balaban J connectivity index is 3.39. The van der Waals surface area contributed by atoms with Gasteiger partial charge in [0.1, 0.15) is 6.04 Å². The number of rotatable bonds is 19. The molecule has 0 spiro atoms. The lowest BCUT2D eigenvalue weighted by molar-refractivity contribution is -0.147. The number of hydrogen-bond donors (Lipinski definition) is 1. The van der Waals surface area contributed by atoms with Crippen molar-refractivity contribution in [1.82, 2.24) is 5.32 Å². The first-order valence-electron chi connectivity index (χ1n) is 11.6. The number of nitrogens with one attached hydrogen (secondary N) is 1. The molecule has 0 rings (SSSR count). The Kier molecular flexibility index (Phi) is 18.9. The van der Waals surface area contributed by atoms with E-state index < -0.39 is 6.04 Å². The molecule has 0 aromatic heterocycles. The van der Waals surface area contributed by atoms with Crippen LogP contribution in [0.25, 0.3) is 0 Å². The van der Waals surface area contributed by atoms with Gasteiger partial charge in [0.25, 0.3) is 0 Å². The van der Waals surface area contributed by atoms with Crippen molar-refractivity contribution in [2.24, 2.45) is 0 Å². The van der Waals surface area contributed by atoms with Gasteiger partial charge in [-0.1, -0.05) is 97.3 Å². The molecule has 0 heterocycles. The van der Waals surface area contributed by atoms with Crippen LogP contribution in [0.5, 0.6) is 0 Å². The molecule has 0 aliphatic carbocycles. The Morgan fingerprint density at radius 2 is 1.15 bits per heavy atom. The molecule has 0 unspecified atom stereocenters. The van der Waals surface area contributed by atoms with Crippen LogP contribution >= 0.6 is 0 Å². The van der Waals surface area contributed by atoms with Crippen molar-refractivity contribution in [2.45, 2.75) is 130 Å². The molecular formula is C23H45NO3. The molecule has 27 heavy (non-hydrogen) atoms. The Bertz CT molecular complexity index is 358. The Morgan fingerprint density at radius 3 is 1.63 bits per heavy atom. The van der Waals surface area contributed by atoms with Crippen LogP contribution in [0.2, 0.25) is 0 Å². The highest BCUT2D eigenvalue weighted by Gasteiger charge is 2.16. The Labute approximate surface area is 168 Å². The number of esters is 1. The fourth-order valence-corrected chi connectivity index (χ4v) is 3.12. The summed E-state index contributed by atoms with van der Waals surface area (Å²) in [7, 11) is 0. The zero-order valence-corrected chi connectivity index (χ0v) is 18.3. The molecule has 1 N–H and O–H groups in total. The quantitative estimate of drug-likeness (QED) is 0.210. The number of carbonyl (C=O) groups is 2. The summed E-state index contributed by atoms with van der Waals surface area (Å²) in [5.74, 6) is -0.375. The lowest BCUT2D eigenvalue weighted by Crippen LogP contribution is -2.39. The number of carbonyl (C=O) groups excluding carboxylic acids is 2. The van der Waals surface area contributed by atoms with Crippen LogP contribution in [0.15, 0.2) is 0 Å². The molecule has 0 bridgehead atoms. The lowest BCUT2D eigenvalue weighted by atomic mass is 10.0. The van der Waals surface area contributed by atoms with E-state index in [1.165, 1.54) is 70.6 Å². The van der Waals surface area contributed by atoms with Crippen LogP contribution in [-0.4, -0.2) is 24.5 Å². The van der Waals surface area contributed by atoms with Gasteiger partial charge in [0.2, 0.25) is 5.91 Å². The number of unbranched alkanes of at least 4 members (excludes halogenated alkanes) is 13. The monoisotopic (exact) mass is 383 g/mol. The van der Waals surface area contributed by atoms with Crippen LogP contribution in [0.4, 0.5) is 0 Å². The maximum atomic E-state index is 11.9. The molecule has 4 nitrogen and oxygen atoms in total. The van der Waals surface area contributed by atoms with Gasteiger partial charge in [-0.3, -0.25) is 4.79 Å². The second kappa shape index (κ2) is 19.7. The third-order valence-corrected chi connectivity index (χ3v) is 4.98. The molecule has 160 valence electrons. The third kappa shape index (κ3) is 18.1. The normalized spacial score (nSPS) is 12.0. The van der Waals surface area contributed by atoms with Gasteiger partial charge in [-0.2, -0.15) is 0 Å². The number of hydrogen-bond acceptors (Lipinski definition) is 3. The van der Waals surface area contributed by atoms with Crippen molar-refractivity contribution < 1.29 is 14.3 Å². The van der Waals surface area contributed by atoms with Gasteiger partial charge < -0.3 is 10.1 Å². The minimum absolute atomic E-state index is 0.0435. The standard InChI is InChI=1S/C23H45NO3/c1-4-6-8-9-10-11-12-13-14-15-16-17-18-19-22(25)24-21(3)23(26)27-20-7-5-2/h21H,4-20H2,1-3H3,(H,24,25)/t21-/m0/s1. The molecule has 4 heteroatoms. The van der Waals surface area contributed by atoms with E-state index in [1.54, 1.807) is 6.92 Å². The zero-order chi connectivity index (χ0) is 20.2. The van der Waals surface area contributed by atoms with Gasteiger partial charge in [0.05, 0.1) is 6.61 Å². The van der Waals surface area contributed by atoms with E-state index in [-0.39, 0.29) is 11.9 Å². The molecule has 0 aliphatic rings. The van der Waals surface area contributed by atoms with Crippen LogP contribution in [-0.2, 0) is 14.3 Å². The summed E-state index contributed by atoms with van der Waals surface area (Å²) in [6.07, 6.45) is 19.2. The predicted octanol–water partition coefficient (Wildman–Crippen LogP) is 6.32. The first-order valence-corrected chi connectivity index (χ1v) is 11.6. The average molecular weight is 384 g/mol. The SMILES string of the molecule is CCCCCCCCCCCCCCCC(=O)N[C@@H](C)C(=O)OCCCC. The molecule has 0 radical (unpaired) electrons. The van der Waals surface area contributed by atoms with Gasteiger partial charge in [0.15, 0.2) is 0 Å². The minimum atomic E-state index is -0.545. The summed E-state index contributed by atoms with van der Waals surface area (Å²) in [4.78, 5) is 23.6. The predicted molar refractivity (Wildman–Crippen MR) is 114 cm³/mol. The highest BCUT2D eigenvalue weighted by molar-refractivity contribution is 5.84. The maximum absolute atomic E-state index is 11.9. The molecule has 0 aromatic carbocycles. The fraction of sp³-hybridized carbons (Fsp3) is 0.913. The van der Waals surface area contributed by atoms with E-state index in [1.807, 2.05) is 0 Å². The van der Waals surface area contributed by atoms with Gasteiger partial charge in [-0.05, 0) is 19.8 Å². The largest absolute Gasteiger partial charge is 0.464 e. The van der Waals surface area contributed by atoms with Crippen molar-refractivity contribution in [2.75, 3.05) is 6.61 Å². The molecule has 0 saturated carbocycles. The van der Waals surface area contributed by atoms with Crippen LogP contribution in [0, 0.1) is 0 Å². The van der Waals surface area contributed by atoms with Crippen molar-refractivity contribution in [1.29, 1.82) is 0 Å². The lowest BCUT2D eigenvalue weighted by Gasteiger charge is -2.13. The average Bonchev–Trinajstić information content (AvgIpc) is 2.65. The highest BCUT2D eigenvalue weighted by atomic mass is 16.5. The molecule has 1 atom stereocenters. The van der Waals surface area contributed by atoms with Crippen molar-refractivity contribution in [3.05, 3.63) is 0 Å². The fourth-order valence-electron chi connectivity index (χ4n) is 3.12. The maximum Gasteiger partial charge on any atom is 0.328 e. The van der Waals surface area contributed by atoms with E-state index in [0.29, 0.717) is 13.0 Å². The van der Waals surface area contributed by atoms with Gasteiger partial charge in [-0.15, -0.1) is 0 Å². The summed E-state index contributed by atoms with van der Waals surface area (Å²) < 4.78 is 5.11. The summed E-state index contributed by atoms with van der Waals surface area (Å²) in [5.41, 5.74) is 0. The van der Waals surface area contributed by atoms with Gasteiger partial charge in [0, 0.05) is 6.42 Å². The smallest absolute Gasteiger partial charge is 0.328 e. The number of amides is 1. The zero-order valence-electron chi connectivity index (χ0n) is 18.3. The van der Waals surface area contributed by atoms with Crippen LogP contribution in [0.3, 0.4) is 0 Å². The van der Waals surface area contributed by atoms with E-state index in [2.05, 4.69) is 19.2 Å². The van der Waals surface area contributed by atoms with Gasteiger partial charge in [-0.25, -0.2) is 4.79 Å². The third-order valence-electron chi connectivity index (χ3n) is 4.98. The van der Waals surface area contributed by atoms with E-state index in [9.17, 15) is 9.59 Å². The van der Waals surface area contributed by atoms with Crippen molar-refractivity contribution in [3.63, 3.8) is 0 Å². The van der Waals surface area contributed by atoms with Crippen LogP contribution in [0.1, 0.15) is 124 Å². The first kappa shape index (κ1) is 25.9.